The molecule has 30 heavy (non-hydrogen) atoms. The molecule has 1 N–H and O–H groups in total. The summed E-state index contributed by atoms with van der Waals surface area (Å²) >= 11 is 12.5. The first-order chi connectivity index (χ1) is 14.4. The summed E-state index contributed by atoms with van der Waals surface area (Å²) in [6.07, 6.45) is 1.59. The van der Waals surface area contributed by atoms with Crippen molar-refractivity contribution >= 4 is 35.3 Å². The first-order valence-corrected chi connectivity index (χ1v) is 9.87. The number of amides is 1. The summed E-state index contributed by atoms with van der Waals surface area (Å²) in [6.45, 7) is 3.75. The average Bonchev–Trinajstić information content (AvgIpc) is 3.02. The molecule has 0 atom stereocenters. The molecule has 0 saturated carbocycles. The van der Waals surface area contributed by atoms with Gasteiger partial charge in [0.05, 0.1) is 24.0 Å². The number of nitrogens with one attached hydrogen (secondary N) is 1. The molecule has 1 aromatic heterocycles. The van der Waals surface area contributed by atoms with E-state index in [1.165, 1.54) is 0 Å². The molecule has 6 nitrogen and oxygen atoms in total. The number of nitrogens with zero attached hydrogens (tertiary/aromatic N) is 2. The van der Waals surface area contributed by atoms with E-state index in [9.17, 15) is 4.79 Å². The first kappa shape index (κ1) is 21.7. The van der Waals surface area contributed by atoms with E-state index < -0.39 is 0 Å². The Morgan fingerprint density at radius 1 is 1.10 bits per heavy atom. The van der Waals surface area contributed by atoms with Crippen molar-refractivity contribution in [3.8, 4) is 17.2 Å². The van der Waals surface area contributed by atoms with Crippen molar-refractivity contribution in [1.29, 1.82) is 0 Å². The van der Waals surface area contributed by atoms with Gasteiger partial charge in [0.25, 0.3) is 5.91 Å². The van der Waals surface area contributed by atoms with Gasteiger partial charge in [-0.05, 0) is 62.4 Å². The van der Waals surface area contributed by atoms with Crippen LogP contribution in [0.15, 0.2) is 53.6 Å². The first-order valence-electron chi connectivity index (χ1n) is 9.12. The molecule has 2 aromatic carbocycles. The molecule has 3 aromatic rings. The van der Waals surface area contributed by atoms with Crippen LogP contribution in [0.1, 0.15) is 17.0 Å². The fourth-order valence-corrected chi connectivity index (χ4v) is 3.34. The SMILES string of the molecule is COc1ccc(OCC(=O)N/N=C\c2cc(C)n(-c3cc(Cl)ccc3Cl)c2C)cc1. The third-order valence-corrected chi connectivity index (χ3v) is 5.00. The molecule has 0 fully saturated rings. The van der Waals surface area contributed by atoms with Crippen molar-refractivity contribution in [2.45, 2.75) is 13.8 Å². The van der Waals surface area contributed by atoms with Crippen LogP contribution in [0.5, 0.6) is 11.5 Å². The molecule has 3 rings (SSSR count). The van der Waals surface area contributed by atoms with Crippen LogP contribution in [0.2, 0.25) is 10.0 Å². The number of hydrogen-bond acceptors (Lipinski definition) is 4. The summed E-state index contributed by atoms with van der Waals surface area (Å²) < 4.78 is 12.5. The maximum atomic E-state index is 12.0. The van der Waals surface area contributed by atoms with E-state index in [2.05, 4.69) is 10.5 Å². The van der Waals surface area contributed by atoms with Crippen LogP contribution >= 0.6 is 23.2 Å². The van der Waals surface area contributed by atoms with E-state index in [1.54, 1.807) is 49.7 Å². The largest absolute Gasteiger partial charge is 0.497 e. The van der Waals surface area contributed by atoms with Crippen LogP contribution in [0.4, 0.5) is 0 Å². The van der Waals surface area contributed by atoms with Gasteiger partial charge in [0.2, 0.25) is 0 Å². The molecule has 1 amide bonds. The highest BCUT2D eigenvalue weighted by molar-refractivity contribution is 6.34. The number of hydrogen-bond donors (Lipinski definition) is 1. The highest BCUT2D eigenvalue weighted by Gasteiger charge is 2.13. The van der Waals surface area contributed by atoms with Gasteiger partial charge < -0.3 is 14.0 Å². The average molecular weight is 446 g/mol. The summed E-state index contributed by atoms with van der Waals surface area (Å²) in [6, 6.07) is 14.2. The fourth-order valence-electron chi connectivity index (χ4n) is 2.97. The maximum Gasteiger partial charge on any atom is 0.277 e. The van der Waals surface area contributed by atoms with Crippen LogP contribution in [-0.2, 0) is 4.79 Å². The van der Waals surface area contributed by atoms with Gasteiger partial charge in [0, 0.05) is 22.0 Å². The van der Waals surface area contributed by atoms with Crippen molar-refractivity contribution in [1.82, 2.24) is 9.99 Å². The minimum atomic E-state index is -0.367. The summed E-state index contributed by atoms with van der Waals surface area (Å²) in [5, 5.41) is 5.22. The van der Waals surface area contributed by atoms with Crippen molar-refractivity contribution in [2.24, 2.45) is 5.10 Å². The molecule has 0 spiro atoms. The zero-order chi connectivity index (χ0) is 21.7. The third-order valence-electron chi connectivity index (χ3n) is 4.44. The number of carbonyl (C=O) groups is 1. The lowest BCUT2D eigenvalue weighted by Gasteiger charge is -2.12. The number of aryl methyl sites for hydroxylation is 1. The molecule has 0 bridgehead atoms. The molecule has 0 aliphatic heterocycles. The van der Waals surface area contributed by atoms with Crippen LogP contribution in [0, 0.1) is 13.8 Å². The summed E-state index contributed by atoms with van der Waals surface area (Å²) in [4.78, 5) is 12.0. The molecular formula is C22H21Cl2N3O3. The van der Waals surface area contributed by atoms with Crippen molar-refractivity contribution in [3.05, 3.63) is 75.5 Å². The summed E-state index contributed by atoms with van der Waals surface area (Å²) in [5.74, 6) is 0.915. The minimum absolute atomic E-state index is 0.152. The van der Waals surface area contributed by atoms with E-state index >= 15 is 0 Å². The van der Waals surface area contributed by atoms with Gasteiger partial charge in [0.15, 0.2) is 6.61 Å². The lowest BCUT2D eigenvalue weighted by atomic mass is 10.2. The number of rotatable bonds is 7. The standard InChI is InChI=1S/C22H21Cl2N3O3/c1-14-10-16(15(2)27(14)21-11-17(23)4-9-20(21)24)12-25-26-22(28)13-30-19-7-5-18(29-3)6-8-19/h4-12H,13H2,1-3H3,(H,26,28)/b25-12-. The fraction of sp³-hybridized carbons (Fsp3) is 0.182. The predicted molar refractivity (Wildman–Crippen MR) is 119 cm³/mol. The monoisotopic (exact) mass is 445 g/mol. The van der Waals surface area contributed by atoms with E-state index in [0.29, 0.717) is 21.5 Å². The number of carbonyl (C=O) groups excluding carboxylic acids is 1. The van der Waals surface area contributed by atoms with Crippen LogP contribution in [0.25, 0.3) is 5.69 Å². The Morgan fingerprint density at radius 3 is 2.50 bits per heavy atom. The second kappa shape index (κ2) is 9.69. The maximum absolute atomic E-state index is 12.0. The lowest BCUT2D eigenvalue weighted by Crippen LogP contribution is -2.24. The minimum Gasteiger partial charge on any atom is -0.497 e. The number of methoxy groups -OCH3 is 1. The number of ether oxygens (including phenoxy) is 2. The van der Waals surface area contributed by atoms with Crippen molar-refractivity contribution in [3.63, 3.8) is 0 Å². The predicted octanol–water partition coefficient (Wildman–Crippen LogP) is 4.94. The molecule has 0 aliphatic rings. The molecule has 0 unspecified atom stereocenters. The number of halogens is 2. The normalized spacial score (nSPS) is 11.0. The van der Waals surface area contributed by atoms with E-state index in [0.717, 1.165) is 22.6 Å². The van der Waals surface area contributed by atoms with Crippen LogP contribution < -0.4 is 14.9 Å². The molecule has 0 saturated heterocycles. The molecule has 156 valence electrons. The zero-order valence-corrected chi connectivity index (χ0v) is 18.3. The van der Waals surface area contributed by atoms with Crippen LogP contribution in [0.3, 0.4) is 0 Å². The second-order valence-corrected chi connectivity index (χ2v) is 7.36. The molecule has 1 heterocycles. The Bertz CT molecular complexity index is 1080. The van der Waals surface area contributed by atoms with E-state index in [-0.39, 0.29) is 12.5 Å². The Kier molecular flexibility index (Phi) is 7.03. The zero-order valence-electron chi connectivity index (χ0n) is 16.8. The van der Waals surface area contributed by atoms with Gasteiger partial charge in [-0.15, -0.1) is 0 Å². The summed E-state index contributed by atoms with van der Waals surface area (Å²) in [5.41, 5.74) is 5.98. The molecule has 0 radical (unpaired) electrons. The molecular weight excluding hydrogens is 425 g/mol. The van der Waals surface area contributed by atoms with E-state index in [1.807, 2.05) is 30.5 Å². The second-order valence-electron chi connectivity index (χ2n) is 6.51. The Labute approximate surface area is 185 Å². The number of benzene rings is 2. The van der Waals surface area contributed by atoms with Gasteiger partial charge in [-0.1, -0.05) is 23.2 Å². The van der Waals surface area contributed by atoms with Gasteiger partial charge in [-0.25, -0.2) is 5.43 Å². The smallest absolute Gasteiger partial charge is 0.277 e. The highest BCUT2D eigenvalue weighted by Crippen LogP contribution is 2.28. The van der Waals surface area contributed by atoms with Crippen molar-refractivity contribution in [2.75, 3.05) is 13.7 Å². The van der Waals surface area contributed by atoms with Gasteiger partial charge in [-0.2, -0.15) is 5.10 Å². The Balaban J connectivity index is 1.63. The molecule has 8 heteroatoms. The Hall–Kier alpha value is -2.96. The Morgan fingerprint density at radius 2 is 1.80 bits per heavy atom. The van der Waals surface area contributed by atoms with Gasteiger partial charge in [0.1, 0.15) is 11.5 Å². The number of aromatic nitrogens is 1. The van der Waals surface area contributed by atoms with Gasteiger partial charge >= 0.3 is 0 Å². The topological polar surface area (TPSA) is 64.8 Å². The third kappa shape index (κ3) is 5.14. The van der Waals surface area contributed by atoms with Crippen molar-refractivity contribution < 1.29 is 14.3 Å². The van der Waals surface area contributed by atoms with Crippen LogP contribution in [-0.4, -0.2) is 30.4 Å². The molecule has 0 aliphatic carbocycles. The number of hydrazone groups is 1. The highest BCUT2D eigenvalue weighted by atomic mass is 35.5. The van der Waals surface area contributed by atoms with Gasteiger partial charge in [-0.3, -0.25) is 4.79 Å². The quantitative estimate of drug-likeness (QED) is 0.413. The van der Waals surface area contributed by atoms with E-state index in [4.69, 9.17) is 32.7 Å². The lowest BCUT2D eigenvalue weighted by molar-refractivity contribution is -0.123. The summed E-state index contributed by atoms with van der Waals surface area (Å²) in [7, 11) is 1.59.